The average molecular weight is 341 g/mol. The molecule has 25 heavy (non-hydrogen) atoms. The van der Waals surface area contributed by atoms with E-state index in [0.29, 0.717) is 18.9 Å². The molecule has 0 radical (unpaired) electrons. The fourth-order valence-electron chi connectivity index (χ4n) is 3.56. The van der Waals surface area contributed by atoms with Crippen molar-refractivity contribution in [2.24, 2.45) is 0 Å². The van der Waals surface area contributed by atoms with Crippen LogP contribution in [0.5, 0.6) is 5.75 Å². The van der Waals surface area contributed by atoms with Crippen LogP contribution in [0.15, 0.2) is 28.8 Å². The number of amides is 1. The summed E-state index contributed by atoms with van der Waals surface area (Å²) in [4.78, 5) is 19.3. The summed E-state index contributed by atoms with van der Waals surface area (Å²) in [5.74, 6) is 2.62. The quantitative estimate of drug-likeness (QED) is 0.858. The first-order valence-electron chi connectivity index (χ1n) is 8.98. The Kier molecular flexibility index (Phi) is 4.19. The van der Waals surface area contributed by atoms with E-state index in [1.165, 1.54) is 0 Å². The van der Waals surface area contributed by atoms with Gasteiger partial charge in [0.15, 0.2) is 11.9 Å². The number of piperidine rings is 1. The highest BCUT2D eigenvalue weighted by Gasteiger charge is 2.35. The Morgan fingerprint density at radius 1 is 1.32 bits per heavy atom. The van der Waals surface area contributed by atoms with E-state index in [0.717, 1.165) is 36.5 Å². The number of fused-ring (bicyclic) bond motifs is 1. The molecule has 1 aromatic heterocycles. The van der Waals surface area contributed by atoms with E-state index in [-0.39, 0.29) is 17.7 Å². The summed E-state index contributed by atoms with van der Waals surface area (Å²) in [6.07, 6.45) is 2.16. The molecule has 2 aliphatic rings. The van der Waals surface area contributed by atoms with Crippen LogP contribution in [0.1, 0.15) is 55.8 Å². The van der Waals surface area contributed by atoms with Crippen molar-refractivity contribution >= 4 is 5.91 Å². The van der Waals surface area contributed by atoms with E-state index in [2.05, 4.69) is 10.1 Å². The minimum absolute atomic E-state index is 0.0634. The SMILES string of the molecule is CC(C)c1nc(C2CCCN(C(=O)C3Cc4ccccc4O3)C2)no1. The lowest BCUT2D eigenvalue weighted by molar-refractivity contribution is -0.139. The number of ether oxygens (including phenoxy) is 1. The smallest absolute Gasteiger partial charge is 0.264 e. The van der Waals surface area contributed by atoms with Crippen molar-refractivity contribution in [3.63, 3.8) is 0 Å². The van der Waals surface area contributed by atoms with Gasteiger partial charge in [-0.3, -0.25) is 4.79 Å². The second kappa shape index (κ2) is 6.50. The number of carbonyl (C=O) groups is 1. The van der Waals surface area contributed by atoms with Crippen LogP contribution in [0, 0.1) is 0 Å². The lowest BCUT2D eigenvalue weighted by Crippen LogP contribution is -2.46. The first-order chi connectivity index (χ1) is 12.1. The van der Waals surface area contributed by atoms with Gasteiger partial charge in [0, 0.05) is 31.3 Å². The molecule has 2 unspecified atom stereocenters. The number of hydrogen-bond acceptors (Lipinski definition) is 5. The van der Waals surface area contributed by atoms with E-state index in [9.17, 15) is 4.79 Å². The normalized spacial score (nSPS) is 22.8. The summed E-state index contributed by atoms with van der Waals surface area (Å²) in [6.45, 7) is 5.46. The molecular weight excluding hydrogens is 318 g/mol. The molecule has 2 atom stereocenters. The first kappa shape index (κ1) is 16.1. The highest BCUT2D eigenvalue weighted by molar-refractivity contribution is 5.82. The van der Waals surface area contributed by atoms with Gasteiger partial charge in [-0.05, 0) is 24.5 Å². The standard InChI is InChI=1S/C19H23N3O3/c1-12(2)18-20-17(21-25-18)14-7-5-9-22(11-14)19(23)16-10-13-6-3-4-8-15(13)24-16/h3-4,6,8,12,14,16H,5,7,9-11H2,1-2H3. The summed E-state index contributed by atoms with van der Waals surface area (Å²) in [5.41, 5.74) is 1.11. The summed E-state index contributed by atoms with van der Waals surface area (Å²) in [7, 11) is 0. The van der Waals surface area contributed by atoms with E-state index >= 15 is 0 Å². The summed E-state index contributed by atoms with van der Waals surface area (Å²) >= 11 is 0. The Balaban J connectivity index is 1.43. The molecule has 132 valence electrons. The van der Waals surface area contributed by atoms with Crippen molar-refractivity contribution in [2.75, 3.05) is 13.1 Å². The summed E-state index contributed by atoms with van der Waals surface area (Å²) < 4.78 is 11.2. The van der Waals surface area contributed by atoms with E-state index in [1.54, 1.807) is 0 Å². The predicted molar refractivity (Wildman–Crippen MR) is 91.5 cm³/mol. The number of benzene rings is 1. The van der Waals surface area contributed by atoms with Gasteiger partial charge in [0.1, 0.15) is 5.75 Å². The molecule has 2 aliphatic heterocycles. The molecular formula is C19H23N3O3. The highest BCUT2D eigenvalue weighted by atomic mass is 16.5. The van der Waals surface area contributed by atoms with Crippen LogP contribution in [0.2, 0.25) is 0 Å². The van der Waals surface area contributed by atoms with Crippen molar-refractivity contribution in [3.8, 4) is 5.75 Å². The molecule has 0 spiro atoms. The number of carbonyl (C=O) groups excluding carboxylic acids is 1. The second-order valence-corrected chi connectivity index (χ2v) is 7.19. The van der Waals surface area contributed by atoms with Crippen molar-refractivity contribution in [1.82, 2.24) is 15.0 Å². The van der Waals surface area contributed by atoms with Gasteiger partial charge in [0.05, 0.1) is 0 Å². The largest absolute Gasteiger partial charge is 0.480 e. The fraction of sp³-hybridized carbons (Fsp3) is 0.526. The maximum Gasteiger partial charge on any atom is 0.264 e. The van der Waals surface area contributed by atoms with Crippen molar-refractivity contribution in [3.05, 3.63) is 41.5 Å². The van der Waals surface area contributed by atoms with Crippen molar-refractivity contribution in [2.45, 2.75) is 51.0 Å². The maximum atomic E-state index is 12.9. The third-order valence-electron chi connectivity index (χ3n) is 4.97. The Labute approximate surface area is 147 Å². The molecule has 1 aromatic carbocycles. The molecule has 4 rings (SSSR count). The Morgan fingerprint density at radius 3 is 2.92 bits per heavy atom. The van der Waals surface area contributed by atoms with Crippen LogP contribution in [0.25, 0.3) is 0 Å². The second-order valence-electron chi connectivity index (χ2n) is 7.19. The zero-order valence-electron chi connectivity index (χ0n) is 14.6. The lowest BCUT2D eigenvalue weighted by atomic mass is 9.96. The number of nitrogens with zero attached hydrogens (tertiary/aromatic N) is 3. The number of likely N-dealkylation sites (tertiary alicyclic amines) is 1. The van der Waals surface area contributed by atoms with Crippen LogP contribution in [-0.2, 0) is 11.2 Å². The Hall–Kier alpha value is -2.37. The number of aromatic nitrogens is 2. The van der Waals surface area contributed by atoms with Crippen molar-refractivity contribution in [1.29, 1.82) is 0 Å². The van der Waals surface area contributed by atoms with Gasteiger partial charge < -0.3 is 14.2 Å². The summed E-state index contributed by atoms with van der Waals surface area (Å²) in [5, 5.41) is 4.13. The van der Waals surface area contributed by atoms with Gasteiger partial charge in [0.25, 0.3) is 5.91 Å². The van der Waals surface area contributed by atoms with Gasteiger partial charge in [0.2, 0.25) is 5.89 Å². The minimum Gasteiger partial charge on any atom is -0.480 e. The van der Waals surface area contributed by atoms with Gasteiger partial charge in [-0.15, -0.1) is 0 Å². The van der Waals surface area contributed by atoms with Crippen LogP contribution >= 0.6 is 0 Å². The Morgan fingerprint density at radius 2 is 2.16 bits per heavy atom. The molecule has 6 heteroatoms. The van der Waals surface area contributed by atoms with Crippen LogP contribution < -0.4 is 4.74 Å². The van der Waals surface area contributed by atoms with Gasteiger partial charge in [-0.1, -0.05) is 37.2 Å². The number of para-hydroxylation sites is 1. The van der Waals surface area contributed by atoms with Crippen LogP contribution in [0.3, 0.4) is 0 Å². The zero-order valence-corrected chi connectivity index (χ0v) is 14.6. The third-order valence-corrected chi connectivity index (χ3v) is 4.97. The van der Waals surface area contributed by atoms with Crippen LogP contribution in [-0.4, -0.2) is 40.1 Å². The highest BCUT2D eigenvalue weighted by Crippen LogP contribution is 2.31. The average Bonchev–Trinajstić information content (AvgIpc) is 3.28. The molecule has 1 fully saturated rings. The van der Waals surface area contributed by atoms with Crippen molar-refractivity contribution < 1.29 is 14.1 Å². The van der Waals surface area contributed by atoms with Gasteiger partial charge in [-0.2, -0.15) is 4.98 Å². The van der Waals surface area contributed by atoms with Gasteiger partial charge in [-0.25, -0.2) is 0 Å². The molecule has 6 nitrogen and oxygen atoms in total. The molecule has 0 saturated carbocycles. The van der Waals surface area contributed by atoms with Crippen LogP contribution in [0.4, 0.5) is 0 Å². The van der Waals surface area contributed by atoms with E-state index in [1.807, 2.05) is 43.0 Å². The monoisotopic (exact) mass is 341 g/mol. The lowest BCUT2D eigenvalue weighted by Gasteiger charge is -2.32. The predicted octanol–water partition coefficient (Wildman–Crippen LogP) is 2.90. The third kappa shape index (κ3) is 3.13. The summed E-state index contributed by atoms with van der Waals surface area (Å²) in [6, 6.07) is 7.86. The molecule has 0 aliphatic carbocycles. The molecule has 0 bridgehead atoms. The topological polar surface area (TPSA) is 68.5 Å². The minimum atomic E-state index is -0.410. The molecule has 0 N–H and O–H groups in total. The molecule has 3 heterocycles. The molecule has 1 amide bonds. The first-order valence-corrected chi connectivity index (χ1v) is 8.98. The Bertz CT molecular complexity index is 746. The number of rotatable bonds is 3. The fourth-order valence-corrected chi connectivity index (χ4v) is 3.56. The van der Waals surface area contributed by atoms with Gasteiger partial charge >= 0.3 is 0 Å². The van der Waals surface area contributed by atoms with E-state index in [4.69, 9.17) is 9.26 Å². The maximum absolute atomic E-state index is 12.9. The van der Waals surface area contributed by atoms with E-state index < -0.39 is 6.10 Å². The molecule has 2 aromatic rings. The molecule has 1 saturated heterocycles. The number of hydrogen-bond donors (Lipinski definition) is 0. The zero-order chi connectivity index (χ0) is 17.4.